The molecule has 1 saturated heterocycles. The summed E-state index contributed by atoms with van der Waals surface area (Å²) in [5.74, 6) is 0.0731. The molecule has 10 heteroatoms. The summed E-state index contributed by atoms with van der Waals surface area (Å²) in [7, 11) is -4.00. The van der Waals surface area contributed by atoms with Crippen molar-refractivity contribution in [3.05, 3.63) is 123 Å². The van der Waals surface area contributed by atoms with Gasteiger partial charge in [-0.25, -0.2) is 8.42 Å². The Kier molecular flexibility index (Phi) is 7.79. The molecule has 3 heterocycles. The average molecular weight is 603 g/mol. The molecule has 2 atom stereocenters. The standard InChI is InChI=1S/C32H31ClN4O4S/c33-26-8-4-9-27(18-26)42(40,41)35-28-17-24(32(39)34-15-14-22-6-2-1-3-7-22)12-13-30(28)36-19-23-16-25(21-36)29-10-5-11-31(38)37(29)20-23/h1-13,17-18,23,25,35H,14-16,19-21H2,(H,34,39). The topological polar surface area (TPSA) is 101 Å². The van der Waals surface area contributed by atoms with Crippen LogP contribution in [-0.2, 0) is 23.0 Å². The first-order valence-corrected chi connectivity index (χ1v) is 15.8. The molecule has 0 saturated carbocycles. The molecule has 0 spiro atoms. The molecular weight excluding hydrogens is 572 g/mol. The van der Waals surface area contributed by atoms with E-state index < -0.39 is 10.0 Å². The second kappa shape index (κ2) is 11.7. The van der Waals surface area contributed by atoms with Gasteiger partial charge in [0.1, 0.15) is 0 Å². The van der Waals surface area contributed by atoms with Crippen molar-refractivity contribution in [3.8, 4) is 0 Å². The number of carbonyl (C=O) groups is 1. The number of aromatic nitrogens is 1. The number of piperidine rings is 1. The molecule has 8 nitrogen and oxygen atoms in total. The van der Waals surface area contributed by atoms with Crippen LogP contribution in [-0.4, -0.2) is 38.5 Å². The number of hydrogen-bond donors (Lipinski definition) is 2. The van der Waals surface area contributed by atoms with Crippen molar-refractivity contribution in [1.29, 1.82) is 0 Å². The lowest BCUT2D eigenvalue weighted by molar-refractivity contribution is 0.0954. The molecule has 0 aliphatic carbocycles. The Bertz CT molecular complexity index is 1790. The largest absolute Gasteiger partial charge is 0.369 e. The van der Waals surface area contributed by atoms with Crippen LogP contribution in [0.3, 0.4) is 0 Å². The van der Waals surface area contributed by atoms with Gasteiger partial charge in [0.15, 0.2) is 0 Å². The molecule has 1 aromatic heterocycles. The minimum absolute atomic E-state index is 0.00764. The maximum atomic E-state index is 13.5. The van der Waals surface area contributed by atoms with Gasteiger partial charge >= 0.3 is 0 Å². The van der Waals surface area contributed by atoms with E-state index in [1.807, 2.05) is 41.0 Å². The van der Waals surface area contributed by atoms with E-state index in [-0.39, 0.29) is 28.2 Å². The molecule has 42 heavy (non-hydrogen) atoms. The van der Waals surface area contributed by atoms with Crippen LogP contribution in [0.1, 0.15) is 34.0 Å². The van der Waals surface area contributed by atoms with Crippen LogP contribution in [0.2, 0.25) is 5.02 Å². The van der Waals surface area contributed by atoms with E-state index in [4.69, 9.17) is 11.6 Å². The third-order valence-corrected chi connectivity index (χ3v) is 9.57. The Morgan fingerprint density at radius 1 is 0.905 bits per heavy atom. The predicted molar refractivity (Wildman–Crippen MR) is 165 cm³/mol. The summed E-state index contributed by atoms with van der Waals surface area (Å²) in [5, 5.41) is 3.25. The number of nitrogens with zero attached hydrogens (tertiary/aromatic N) is 2. The van der Waals surface area contributed by atoms with Crippen molar-refractivity contribution in [1.82, 2.24) is 9.88 Å². The van der Waals surface area contributed by atoms with Crippen LogP contribution in [0.15, 0.2) is 101 Å². The maximum Gasteiger partial charge on any atom is 0.262 e. The number of nitrogens with one attached hydrogen (secondary N) is 2. The Labute approximate surface area is 250 Å². The lowest BCUT2D eigenvalue weighted by atomic mass is 9.83. The van der Waals surface area contributed by atoms with E-state index in [2.05, 4.69) is 14.9 Å². The highest BCUT2D eigenvalue weighted by Crippen LogP contribution is 2.40. The van der Waals surface area contributed by atoms with Crippen LogP contribution in [0, 0.1) is 5.92 Å². The number of anilines is 2. The fourth-order valence-electron chi connectivity index (χ4n) is 6.03. The van der Waals surface area contributed by atoms with Crippen LogP contribution in [0.4, 0.5) is 11.4 Å². The summed E-state index contributed by atoms with van der Waals surface area (Å²) in [4.78, 5) is 27.8. The molecule has 2 N–H and O–H groups in total. The number of benzene rings is 3. The normalized spacial score (nSPS) is 17.8. The average Bonchev–Trinajstić information content (AvgIpc) is 2.98. The van der Waals surface area contributed by atoms with Gasteiger partial charge in [0.05, 0.1) is 16.3 Å². The number of pyridine rings is 1. The number of carbonyl (C=O) groups excluding carboxylic acids is 1. The van der Waals surface area contributed by atoms with Crippen molar-refractivity contribution in [2.75, 3.05) is 29.3 Å². The van der Waals surface area contributed by atoms with Crippen LogP contribution in [0.5, 0.6) is 0 Å². The number of rotatable bonds is 8. The number of halogens is 1. The second-order valence-corrected chi connectivity index (χ2v) is 13.0. The van der Waals surface area contributed by atoms with Crippen molar-refractivity contribution < 1.29 is 13.2 Å². The minimum atomic E-state index is -4.00. The predicted octanol–water partition coefficient (Wildman–Crippen LogP) is 4.90. The van der Waals surface area contributed by atoms with Gasteiger partial charge in [-0.1, -0.05) is 54.1 Å². The summed E-state index contributed by atoms with van der Waals surface area (Å²) in [6.07, 6.45) is 1.64. The fraction of sp³-hybridized carbons (Fsp3) is 0.250. The fourth-order valence-corrected chi connectivity index (χ4v) is 7.40. The third kappa shape index (κ3) is 5.93. The number of sulfonamides is 1. The van der Waals surface area contributed by atoms with E-state index in [1.165, 1.54) is 12.1 Å². The van der Waals surface area contributed by atoms with Crippen molar-refractivity contribution >= 4 is 38.9 Å². The highest BCUT2D eigenvalue weighted by Gasteiger charge is 2.35. The molecule has 2 aliphatic rings. The highest BCUT2D eigenvalue weighted by molar-refractivity contribution is 7.92. The van der Waals surface area contributed by atoms with Gasteiger partial charge in [-0.15, -0.1) is 0 Å². The summed E-state index contributed by atoms with van der Waals surface area (Å²) in [6, 6.07) is 26.5. The van der Waals surface area contributed by atoms with Crippen molar-refractivity contribution in [2.24, 2.45) is 5.92 Å². The minimum Gasteiger partial charge on any atom is -0.369 e. The Morgan fingerprint density at radius 2 is 1.71 bits per heavy atom. The molecule has 1 fully saturated rings. The van der Waals surface area contributed by atoms with Crippen LogP contribution < -0.4 is 20.5 Å². The molecule has 2 aliphatic heterocycles. The lowest BCUT2D eigenvalue weighted by Crippen LogP contribution is -2.47. The third-order valence-electron chi connectivity index (χ3n) is 7.97. The van der Waals surface area contributed by atoms with E-state index in [0.29, 0.717) is 54.6 Å². The first-order chi connectivity index (χ1) is 20.3. The molecule has 216 valence electrons. The van der Waals surface area contributed by atoms with Gasteiger partial charge < -0.3 is 14.8 Å². The highest BCUT2D eigenvalue weighted by atomic mass is 35.5. The van der Waals surface area contributed by atoms with E-state index >= 15 is 0 Å². The van der Waals surface area contributed by atoms with Crippen LogP contribution in [0.25, 0.3) is 0 Å². The van der Waals surface area contributed by atoms with Gasteiger partial charge in [-0.3, -0.25) is 14.3 Å². The van der Waals surface area contributed by atoms with Gasteiger partial charge in [0.25, 0.3) is 21.5 Å². The van der Waals surface area contributed by atoms with Crippen LogP contribution >= 0.6 is 11.6 Å². The molecule has 4 aromatic rings. The van der Waals surface area contributed by atoms with Gasteiger partial charge in [-0.2, -0.15) is 0 Å². The van der Waals surface area contributed by atoms with E-state index in [9.17, 15) is 18.0 Å². The molecule has 0 radical (unpaired) electrons. The van der Waals surface area contributed by atoms with Gasteiger partial charge in [-0.05, 0) is 66.8 Å². The zero-order valence-corrected chi connectivity index (χ0v) is 24.4. The molecule has 6 rings (SSSR count). The summed E-state index contributed by atoms with van der Waals surface area (Å²) in [5.41, 5.74) is 3.47. The molecule has 2 unspecified atom stereocenters. The zero-order valence-electron chi connectivity index (χ0n) is 22.9. The van der Waals surface area contributed by atoms with E-state index in [1.54, 1.807) is 42.5 Å². The number of hydrogen-bond acceptors (Lipinski definition) is 5. The second-order valence-electron chi connectivity index (χ2n) is 10.9. The molecule has 1 amide bonds. The van der Waals surface area contributed by atoms with E-state index in [0.717, 1.165) is 17.7 Å². The van der Waals surface area contributed by atoms with Gasteiger partial charge in [0, 0.05) is 54.4 Å². The Hall–Kier alpha value is -4.08. The maximum absolute atomic E-state index is 13.5. The Balaban J connectivity index is 1.30. The SMILES string of the molecule is O=C(NCCc1ccccc1)c1ccc(N2CC3CC(C2)c2cccc(=O)n2C3)c(NS(=O)(=O)c2cccc(Cl)c2)c1. The first-order valence-electron chi connectivity index (χ1n) is 14.0. The van der Waals surface area contributed by atoms with Crippen molar-refractivity contribution in [3.63, 3.8) is 0 Å². The number of fused-ring (bicyclic) bond motifs is 4. The zero-order chi connectivity index (χ0) is 29.3. The Morgan fingerprint density at radius 3 is 2.52 bits per heavy atom. The molecule has 3 aromatic carbocycles. The lowest BCUT2D eigenvalue weighted by Gasteiger charge is -2.44. The van der Waals surface area contributed by atoms with Gasteiger partial charge in [0.2, 0.25) is 0 Å². The summed E-state index contributed by atoms with van der Waals surface area (Å²) < 4.78 is 31.5. The number of amides is 1. The first kappa shape index (κ1) is 28.1. The monoisotopic (exact) mass is 602 g/mol. The van der Waals surface area contributed by atoms with Crippen molar-refractivity contribution in [2.45, 2.75) is 30.2 Å². The quantitative estimate of drug-likeness (QED) is 0.299. The summed E-state index contributed by atoms with van der Waals surface area (Å²) in [6.45, 7) is 2.34. The molecular formula is C32H31ClN4O4S. The molecule has 2 bridgehead atoms. The smallest absolute Gasteiger partial charge is 0.262 e. The summed E-state index contributed by atoms with van der Waals surface area (Å²) >= 11 is 6.10.